The minimum absolute atomic E-state index is 0. The van der Waals surface area contributed by atoms with E-state index < -0.39 is 0 Å². The molecule has 3 aromatic heterocycles. The standard InChI is InChI=1S/C45H50N4O.Pt/c1-9-13-39-45(44-31(7)21-30(6)22-32(44)8)41(14-10-2)49(47-39)34-24-33(28(3)4)25-36(26-34)50-35-17-18-38-37-15-11-12-16-40(37)48(42(38)27-35)43-23-29(5)19-20-46-43;/h11-12,15-21,23-25,28,30,32,44H,9-10,13-14,22H2,1-8H3;/q-2;+2/t30-,32-,44?;/m0./s1. The van der Waals surface area contributed by atoms with Gasteiger partial charge in [-0.3, -0.25) is 4.68 Å². The Morgan fingerprint density at radius 2 is 1.69 bits per heavy atom. The third kappa shape index (κ3) is 7.12. The number of aromatic nitrogens is 4. The van der Waals surface area contributed by atoms with Crippen LogP contribution in [0, 0.1) is 30.9 Å². The number of nitrogens with zero attached hydrogens (tertiary/aromatic N) is 4. The van der Waals surface area contributed by atoms with Gasteiger partial charge in [0.05, 0.1) is 5.69 Å². The van der Waals surface area contributed by atoms with E-state index >= 15 is 0 Å². The Morgan fingerprint density at radius 1 is 0.902 bits per heavy atom. The smallest absolute Gasteiger partial charge is 0.509 e. The Kier molecular flexibility index (Phi) is 11.1. The third-order valence-corrected chi connectivity index (χ3v) is 10.4. The fraction of sp³-hybridized carbons (Fsp3) is 0.378. The number of allylic oxidation sites excluding steroid dienone is 2. The van der Waals surface area contributed by atoms with Crippen molar-refractivity contribution in [2.24, 2.45) is 11.8 Å². The van der Waals surface area contributed by atoms with Crippen molar-refractivity contribution in [3.05, 3.63) is 119 Å². The largest absolute Gasteiger partial charge is 2.00 e. The summed E-state index contributed by atoms with van der Waals surface area (Å²) in [6.45, 7) is 18.2. The molecule has 0 aliphatic heterocycles. The van der Waals surface area contributed by atoms with E-state index in [9.17, 15) is 0 Å². The van der Waals surface area contributed by atoms with Gasteiger partial charge < -0.3 is 9.30 Å². The van der Waals surface area contributed by atoms with Gasteiger partial charge in [-0.25, -0.2) is 4.98 Å². The molecule has 6 aromatic rings. The Bertz CT molecular complexity index is 2210. The molecule has 266 valence electrons. The van der Waals surface area contributed by atoms with Crippen molar-refractivity contribution in [3.8, 4) is 23.0 Å². The Hall–Kier alpha value is -3.95. The summed E-state index contributed by atoms with van der Waals surface area (Å²) in [4.78, 5) is 4.75. The molecule has 5 nitrogen and oxygen atoms in total. The van der Waals surface area contributed by atoms with Crippen LogP contribution < -0.4 is 4.74 Å². The summed E-state index contributed by atoms with van der Waals surface area (Å²) >= 11 is 0. The van der Waals surface area contributed by atoms with Crippen LogP contribution in [-0.4, -0.2) is 19.3 Å². The van der Waals surface area contributed by atoms with Gasteiger partial charge in [-0.15, -0.1) is 41.3 Å². The second kappa shape index (κ2) is 15.3. The van der Waals surface area contributed by atoms with E-state index in [1.54, 1.807) is 0 Å². The molecule has 0 bridgehead atoms. The molecule has 0 N–H and O–H groups in total. The zero-order valence-electron chi connectivity index (χ0n) is 31.3. The molecule has 1 aliphatic carbocycles. The molecule has 6 heteroatoms. The van der Waals surface area contributed by atoms with E-state index in [1.165, 1.54) is 34.5 Å². The predicted octanol–water partition coefficient (Wildman–Crippen LogP) is 11.8. The van der Waals surface area contributed by atoms with Gasteiger partial charge in [-0.1, -0.05) is 89.7 Å². The van der Waals surface area contributed by atoms with Crippen molar-refractivity contribution in [3.63, 3.8) is 0 Å². The van der Waals surface area contributed by atoms with Crippen molar-refractivity contribution in [2.45, 2.75) is 99.3 Å². The number of para-hydroxylation sites is 1. The van der Waals surface area contributed by atoms with E-state index in [-0.39, 0.29) is 21.1 Å². The summed E-state index contributed by atoms with van der Waals surface area (Å²) in [5.41, 5.74) is 10.8. The van der Waals surface area contributed by atoms with Gasteiger partial charge in [-0.2, -0.15) is 11.2 Å². The zero-order valence-corrected chi connectivity index (χ0v) is 33.6. The SMILES string of the molecule is CCCc1nn(-c2[c-]c(Oc3[c-]c4c(cc3)c3ccccc3n4-c3cc(C)ccn3)cc(C(C)C)c2)c(CCC)c1C1C(C)=C[C@H](C)C[C@@H]1C.[Pt+2]. The molecule has 3 atom stereocenters. The maximum atomic E-state index is 6.70. The molecule has 0 saturated carbocycles. The summed E-state index contributed by atoms with van der Waals surface area (Å²) in [6.07, 6.45) is 9.62. The summed E-state index contributed by atoms with van der Waals surface area (Å²) in [6, 6.07) is 28.4. The Morgan fingerprint density at radius 3 is 2.41 bits per heavy atom. The third-order valence-electron chi connectivity index (χ3n) is 10.4. The topological polar surface area (TPSA) is 44.9 Å². The minimum atomic E-state index is 0. The van der Waals surface area contributed by atoms with Crippen LogP contribution >= 0.6 is 0 Å². The van der Waals surface area contributed by atoms with E-state index in [4.69, 9.17) is 14.8 Å². The molecule has 3 aromatic carbocycles. The van der Waals surface area contributed by atoms with Gasteiger partial charge in [-0.05, 0) is 85.7 Å². The van der Waals surface area contributed by atoms with Gasteiger partial charge in [0.2, 0.25) is 0 Å². The molecule has 7 rings (SSSR count). The average Bonchev–Trinajstić information content (AvgIpc) is 3.59. The van der Waals surface area contributed by atoms with Crippen LogP contribution in [0.4, 0.5) is 0 Å². The van der Waals surface area contributed by atoms with Crippen molar-refractivity contribution in [2.75, 3.05) is 0 Å². The number of rotatable bonds is 10. The molecule has 51 heavy (non-hydrogen) atoms. The van der Waals surface area contributed by atoms with Crippen LogP contribution in [0.1, 0.15) is 108 Å². The molecular weight excluding hydrogens is 808 g/mol. The molecule has 3 heterocycles. The molecule has 1 unspecified atom stereocenters. The molecule has 1 aliphatic rings. The van der Waals surface area contributed by atoms with Crippen LogP contribution in [0.3, 0.4) is 0 Å². The van der Waals surface area contributed by atoms with E-state index in [2.05, 4.69) is 131 Å². The van der Waals surface area contributed by atoms with E-state index in [1.807, 2.05) is 18.3 Å². The normalized spacial score (nSPS) is 17.6. The van der Waals surface area contributed by atoms with Crippen molar-refractivity contribution >= 4 is 21.8 Å². The van der Waals surface area contributed by atoms with Crippen molar-refractivity contribution in [1.29, 1.82) is 0 Å². The zero-order chi connectivity index (χ0) is 35.1. The number of hydrogen-bond donors (Lipinski definition) is 0. The first-order chi connectivity index (χ1) is 24.2. The summed E-state index contributed by atoms with van der Waals surface area (Å²) in [5.74, 6) is 4.06. The predicted molar refractivity (Wildman–Crippen MR) is 206 cm³/mol. The van der Waals surface area contributed by atoms with Crippen LogP contribution in [0.25, 0.3) is 33.3 Å². The fourth-order valence-electron chi connectivity index (χ4n) is 8.26. The van der Waals surface area contributed by atoms with Gasteiger partial charge >= 0.3 is 21.1 Å². The van der Waals surface area contributed by atoms with E-state index in [0.29, 0.717) is 35.2 Å². The summed E-state index contributed by atoms with van der Waals surface area (Å²) in [5, 5.41) is 7.68. The first-order valence-electron chi connectivity index (χ1n) is 18.6. The monoisotopic (exact) mass is 857 g/mol. The first-order valence-corrected chi connectivity index (χ1v) is 18.6. The number of pyridine rings is 1. The second-order valence-electron chi connectivity index (χ2n) is 14.8. The maximum Gasteiger partial charge on any atom is 2.00 e. The molecule has 0 amide bonds. The summed E-state index contributed by atoms with van der Waals surface area (Å²) < 4.78 is 11.1. The van der Waals surface area contributed by atoms with Crippen LogP contribution in [0.15, 0.2) is 78.5 Å². The fourth-order valence-corrected chi connectivity index (χ4v) is 8.26. The molecule has 0 radical (unpaired) electrons. The number of fused-ring (bicyclic) bond motifs is 3. The summed E-state index contributed by atoms with van der Waals surface area (Å²) in [7, 11) is 0. The first kappa shape index (κ1) is 36.8. The molecule has 0 spiro atoms. The number of benzene rings is 3. The minimum Gasteiger partial charge on any atom is -0.509 e. The van der Waals surface area contributed by atoms with Crippen LogP contribution in [-0.2, 0) is 33.9 Å². The maximum absolute atomic E-state index is 6.70. The average molecular weight is 858 g/mol. The Labute approximate surface area is 318 Å². The van der Waals surface area contributed by atoms with Gasteiger partial charge in [0.1, 0.15) is 5.82 Å². The van der Waals surface area contributed by atoms with Gasteiger partial charge in [0, 0.05) is 40.4 Å². The molecular formula is C45H50N4OPt. The van der Waals surface area contributed by atoms with Crippen molar-refractivity contribution < 1.29 is 25.8 Å². The van der Waals surface area contributed by atoms with Crippen molar-refractivity contribution in [1.82, 2.24) is 19.3 Å². The van der Waals surface area contributed by atoms with Crippen LogP contribution in [0.2, 0.25) is 0 Å². The van der Waals surface area contributed by atoms with Gasteiger partial charge in [0.25, 0.3) is 0 Å². The molecule has 0 saturated heterocycles. The Balaban J connectivity index is 0.00000448. The number of aryl methyl sites for hydroxylation is 2. The number of hydrogen-bond acceptors (Lipinski definition) is 3. The molecule has 0 fully saturated rings. The van der Waals surface area contributed by atoms with Gasteiger partial charge in [0.15, 0.2) is 0 Å². The number of ether oxygens (including phenoxy) is 1. The van der Waals surface area contributed by atoms with E-state index in [0.717, 1.165) is 64.6 Å². The quantitative estimate of drug-likeness (QED) is 0.102. The van der Waals surface area contributed by atoms with Crippen LogP contribution in [0.5, 0.6) is 11.5 Å². The second-order valence-corrected chi connectivity index (χ2v) is 14.8.